The molecule has 3 heterocycles. The Morgan fingerprint density at radius 2 is 1.28 bits per heavy atom. The van der Waals surface area contributed by atoms with Gasteiger partial charge in [-0.05, 0) is 45.4 Å². The lowest BCUT2D eigenvalue weighted by Gasteiger charge is -2.47. The van der Waals surface area contributed by atoms with Crippen LogP contribution in [0.2, 0.25) is 0 Å². The molecule has 11 N–H and O–H groups in total. The summed E-state index contributed by atoms with van der Waals surface area (Å²) < 4.78 is 29.3. The Bertz CT molecular complexity index is 884. The molecular weight excluding hydrogens is 616 g/mol. The van der Waals surface area contributed by atoms with Crippen LogP contribution in [-0.4, -0.2) is 180 Å². The van der Waals surface area contributed by atoms with Gasteiger partial charge in [0.15, 0.2) is 6.29 Å². The van der Waals surface area contributed by atoms with Crippen molar-refractivity contribution in [3.63, 3.8) is 0 Å². The fraction of sp³-hybridized carbons (Fsp3) is 1.00. The first-order chi connectivity index (χ1) is 21.6. The summed E-state index contributed by atoms with van der Waals surface area (Å²) in [7, 11) is 0. The molecule has 0 aliphatic carbocycles. The summed E-state index contributed by atoms with van der Waals surface area (Å²) in [5, 5.41) is 117. The largest absolute Gasteiger partial charge is 0.394 e. The van der Waals surface area contributed by atoms with Crippen LogP contribution in [0, 0.1) is 11.8 Å². The van der Waals surface area contributed by atoms with E-state index >= 15 is 0 Å². The third-order valence-electron chi connectivity index (χ3n) is 9.71. The van der Waals surface area contributed by atoms with Crippen LogP contribution in [0.5, 0.6) is 0 Å². The number of rotatable bonds is 5. The molecule has 272 valence electrons. The van der Waals surface area contributed by atoms with E-state index in [0.717, 1.165) is 0 Å². The van der Waals surface area contributed by atoms with E-state index in [0.29, 0.717) is 0 Å². The minimum atomic E-state index is -1.72. The molecule has 3 saturated heterocycles. The summed E-state index contributed by atoms with van der Waals surface area (Å²) in [4.78, 5) is 0. The number of ether oxygens (including phenoxy) is 5. The molecule has 4 bridgehead atoms. The Kier molecular flexibility index (Phi) is 15.4. The SMILES string of the molecule is CC(O)C1OC(C)C(O)C(O)C(O)C(C)CCC2OC(CO)C(O)C(OC3OC(CCC(OCCO)C1O)C(O)C(O)C3O)C2C. The molecule has 0 spiro atoms. The van der Waals surface area contributed by atoms with Gasteiger partial charge in [-0.1, -0.05) is 13.8 Å². The zero-order valence-corrected chi connectivity index (χ0v) is 26.9. The molecule has 0 aromatic rings. The summed E-state index contributed by atoms with van der Waals surface area (Å²) in [5.74, 6) is -1.15. The molecule has 3 aliphatic heterocycles. The highest BCUT2D eigenvalue weighted by atomic mass is 16.7. The van der Waals surface area contributed by atoms with Crippen LogP contribution < -0.4 is 0 Å². The van der Waals surface area contributed by atoms with E-state index in [4.69, 9.17) is 23.7 Å². The topological polar surface area (TPSA) is 269 Å². The molecular formula is C30H56O16. The lowest BCUT2D eigenvalue weighted by molar-refractivity contribution is -0.334. The van der Waals surface area contributed by atoms with Crippen LogP contribution in [0.15, 0.2) is 0 Å². The van der Waals surface area contributed by atoms with Crippen LogP contribution in [0.25, 0.3) is 0 Å². The molecule has 19 atom stereocenters. The Labute approximate surface area is 269 Å². The van der Waals surface area contributed by atoms with Crippen LogP contribution in [0.4, 0.5) is 0 Å². The fourth-order valence-electron chi connectivity index (χ4n) is 6.59. The summed E-state index contributed by atoms with van der Waals surface area (Å²) in [6, 6.07) is 0. The van der Waals surface area contributed by atoms with Crippen molar-refractivity contribution in [3.05, 3.63) is 0 Å². The third kappa shape index (κ3) is 9.32. The number of fused-ring (bicyclic) bond motifs is 4. The summed E-state index contributed by atoms with van der Waals surface area (Å²) in [6.45, 7) is 4.93. The van der Waals surface area contributed by atoms with Crippen molar-refractivity contribution in [1.29, 1.82) is 0 Å². The Morgan fingerprint density at radius 1 is 0.652 bits per heavy atom. The number of hydrogen-bond acceptors (Lipinski definition) is 16. The van der Waals surface area contributed by atoms with Crippen molar-refractivity contribution in [1.82, 2.24) is 0 Å². The molecule has 3 fully saturated rings. The standard InChI is InChI=1S/C30H56O16/c1-12-5-6-16-13(2)28(24(38)19(11-32)44-16)46-30-27(41)26(40)22(36)18(45-30)8-7-17(42-10-9-31)23(37)29(14(3)33)43-15(4)21(35)25(39)20(12)34/h12-41H,5-11H2,1-4H3. The highest BCUT2D eigenvalue weighted by Crippen LogP contribution is 2.36. The molecule has 19 unspecified atom stereocenters. The lowest BCUT2D eigenvalue weighted by Crippen LogP contribution is -2.62. The predicted octanol–water partition coefficient (Wildman–Crippen LogP) is -3.88. The lowest BCUT2D eigenvalue weighted by atomic mass is 9.83. The first-order valence-electron chi connectivity index (χ1n) is 16.2. The van der Waals surface area contributed by atoms with E-state index in [1.165, 1.54) is 13.8 Å². The van der Waals surface area contributed by atoms with Gasteiger partial charge in [0.2, 0.25) is 0 Å². The number of aliphatic hydroxyl groups is 11. The van der Waals surface area contributed by atoms with Crippen LogP contribution in [0.1, 0.15) is 53.4 Å². The van der Waals surface area contributed by atoms with Crippen molar-refractivity contribution in [2.24, 2.45) is 11.8 Å². The van der Waals surface area contributed by atoms with Gasteiger partial charge >= 0.3 is 0 Å². The van der Waals surface area contributed by atoms with Crippen molar-refractivity contribution in [2.75, 3.05) is 19.8 Å². The smallest absolute Gasteiger partial charge is 0.186 e. The molecule has 3 aliphatic rings. The first-order valence-corrected chi connectivity index (χ1v) is 16.2. The molecule has 0 aromatic carbocycles. The summed E-state index contributed by atoms with van der Waals surface area (Å²) >= 11 is 0. The van der Waals surface area contributed by atoms with Gasteiger partial charge in [-0.3, -0.25) is 0 Å². The van der Waals surface area contributed by atoms with E-state index in [1.807, 2.05) is 0 Å². The fourth-order valence-corrected chi connectivity index (χ4v) is 6.59. The van der Waals surface area contributed by atoms with Gasteiger partial charge in [0, 0.05) is 5.92 Å². The normalized spacial score (nSPS) is 49.6. The van der Waals surface area contributed by atoms with Gasteiger partial charge in [-0.15, -0.1) is 0 Å². The van der Waals surface area contributed by atoms with E-state index in [-0.39, 0.29) is 32.3 Å². The maximum Gasteiger partial charge on any atom is 0.186 e. The Balaban J connectivity index is 1.98. The van der Waals surface area contributed by atoms with Crippen molar-refractivity contribution < 1.29 is 79.9 Å². The molecule has 0 amide bonds. The maximum atomic E-state index is 11.3. The van der Waals surface area contributed by atoms with Crippen LogP contribution >= 0.6 is 0 Å². The molecule has 16 nitrogen and oxygen atoms in total. The second-order valence-electron chi connectivity index (χ2n) is 13.1. The molecule has 46 heavy (non-hydrogen) atoms. The monoisotopic (exact) mass is 672 g/mol. The molecule has 0 radical (unpaired) electrons. The van der Waals surface area contributed by atoms with Gasteiger partial charge < -0.3 is 79.9 Å². The van der Waals surface area contributed by atoms with Crippen molar-refractivity contribution in [2.45, 2.75) is 157 Å². The summed E-state index contributed by atoms with van der Waals surface area (Å²) in [6.07, 6.45) is -22.8. The van der Waals surface area contributed by atoms with Crippen LogP contribution in [0.3, 0.4) is 0 Å². The second-order valence-corrected chi connectivity index (χ2v) is 13.1. The van der Waals surface area contributed by atoms with Gasteiger partial charge in [-0.2, -0.15) is 0 Å². The van der Waals surface area contributed by atoms with E-state index < -0.39 is 129 Å². The quantitative estimate of drug-likeness (QED) is 0.133. The van der Waals surface area contributed by atoms with Gasteiger partial charge in [0.1, 0.15) is 54.9 Å². The molecule has 0 aromatic heterocycles. The maximum absolute atomic E-state index is 11.3. The minimum Gasteiger partial charge on any atom is -0.394 e. The van der Waals surface area contributed by atoms with E-state index in [9.17, 15) is 56.2 Å². The Hall–Kier alpha value is -0.640. The van der Waals surface area contributed by atoms with Gasteiger partial charge in [0.25, 0.3) is 0 Å². The molecule has 3 rings (SSSR count). The third-order valence-corrected chi connectivity index (χ3v) is 9.71. The average molecular weight is 673 g/mol. The highest BCUT2D eigenvalue weighted by Gasteiger charge is 2.50. The zero-order chi connectivity index (χ0) is 34.5. The predicted molar refractivity (Wildman–Crippen MR) is 157 cm³/mol. The van der Waals surface area contributed by atoms with Gasteiger partial charge in [-0.25, -0.2) is 0 Å². The summed E-state index contributed by atoms with van der Waals surface area (Å²) in [5.41, 5.74) is 0. The number of aliphatic hydroxyl groups excluding tert-OH is 11. The van der Waals surface area contributed by atoms with Crippen molar-refractivity contribution >= 4 is 0 Å². The molecule has 0 saturated carbocycles. The van der Waals surface area contributed by atoms with E-state index in [1.54, 1.807) is 13.8 Å². The van der Waals surface area contributed by atoms with Crippen LogP contribution in [-0.2, 0) is 23.7 Å². The highest BCUT2D eigenvalue weighted by molar-refractivity contribution is 4.96. The minimum absolute atomic E-state index is 0.0776. The van der Waals surface area contributed by atoms with Crippen molar-refractivity contribution in [3.8, 4) is 0 Å². The van der Waals surface area contributed by atoms with E-state index in [2.05, 4.69) is 0 Å². The zero-order valence-electron chi connectivity index (χ0n) is 26.9. The second kappa shape index (κ2) is 17.8. The Morgan fingerprint density at radius 3 is 1.89 bits per heavy atom. The first kappa shape index (κ1) is 39.8. The number of hydrogen-bond donors (Lipinski definition) is 11. The van der Waals surface area contributed by atoms with Gasteiger partial charge in [0.05, 0.1) is 62.5 Å². The molecule has 16 heteroatoms. The average Bonchev–Trinajstić information content (AvgIpc) is 3.03.